The molecule has 1 atom stereocenters. The number of fused-ring (bicyclic) bond motifs is 1. The minimum Gasteiger partial charge on any atom is -0.486 e. The van der Waals surface area contributed by atoms with Gasteiger partial charge in [0.25, 0.3) is 5.91 Å². The first-order chi connectivity index (χ1) is 14.1. The van der Waals surface area contributed by atoms with Gasteiger partial charge in [-0.25, -0.2) is 9.78 Å². The summed E-state index contributed by atoms with van der Waals surface area (Å²) in [6, 6.07) is 14.6. The molecular weight excluding hydrogens is 392 g/mol. The van der Waals surface area contributed by atoms with Crippen molar-refractivity contribution in [3.8, 4) is 22.1 Å². The Morgan fingerprint density at radius 1 is 1.10 bits per heavy atom. The monoisotopic (exact) mass is 410 g/mol. The van der Waals surface area contributed by atoms with Gasteiger partial charge in [0.2, 0.25) is 0 Å². The highest BCUT2D eigenvalue weighted by atomic mass is 32.1. The van der Waals surface area contributed by atoms with Crippen LogP contribution < -0.4 is 14.8 Å². The van der Waals surface area contributed by atoms with Crippen molar-refractivity contribution < 1.29 is 23.8 Å². The van der Waals surface area contributed by atoms with Crippen molar-refractivity contribution in [3.63, 3.8) is 0 Å². The number of nitrogens with one attached hydrogen (secondary N) is 1. The van der Waals surface area contributed by atoms with Gasteiger partial charge in [-0.2, -0.15) is 0 Å². The van der Waals surface area contributed by atoms with E-state index in [2.05, 4.69) is 10.3 Å². The summed E-state index contributed by atoms with van der Waals surface area (Å²) in [5.74, 6) is 0.0999. The first-order valence-electron chi connectivity index (χ1n) is 9.02. The van der Waals surface area contributed by atoms with Crippen molar-refractivity contribution in [1.29, 1.82) is 0 Å². The van der Waals surface area contributed by atoms with E-state index < -0.39 is 18.0 Å². The Labute approximate surface area is 171 Å². The molecule has 0 fully saturated rings. The Balaban J connectivity index is 1.37. The maximum atomic E-state index is 12.4. The molecule has 1 N–H and O–H groups in total. The van der Waals surface area contributed by atoms with Crippen LogP contribution in [0.3, 0.4) is 0 Å². The number of rotatable bonds is 5. The molecule has 1 amide bonds. The van der Waals surface area contributed by atoms with E-state index in [-0.39, 0.29) is 5.69 Å². The first-order valence-corrected chi connectivity index (χ1v) is 9.90. The summed E-state index contributed by atoms with van der Waals surface area (Å²) >= 11 is 1.34. The van der Waals surface area contributed by atoms with Crippen LogP contribution in [0.5, 0.6) is 11.5 Å². The van der Waals surface area contributed by atoms with Gasteiger partial charge in [0, 0.05) is 22.7 Å². The van der Waals surface area contributed by atoms with E-state index in [1.54, 1.807) is 23.6 Å². The van der Waals surface area contributed by atoms with Gasteiger partial charge in [0.15, 0.2) is 23.3 Å². The lowest BCUT2D eigenvalue weighted by Crippen LogP contribution is -2.30. The number of nitrogens with zero attached hydrogens (tertiary/aromatic N) is 1. The highest BCUT2D eigenvalue weighted by molar-refractivity contribution is 7.13. The largest absolute Gasteiger partial charge is 0.486 e. The number of thiazole rings is 1. The molecule has 0 unspecified atom stereocenters. The third-order valence-electron chi connectivity index (χ3n) is 4.20. The fourth-order valence-corrected chi connectivity index (χ4v) is 3.52. The number of carbonyl (C=O) groups is 2. The minimum atomic E-state index is -0.988. The van der Waals surface area contributed by atoms with Crippen LogP contribution in [0.4, 0.5) is 5.69 Å². The first kappa shape index (κ1) is 18.9. The van der Waals surface area contributed by atoms with E-state index in [4.69, 9.17) is 14.2 Å². The molecule has 0 spiro atoms. The zero-order valence-corrected chi connectivity index (χ0v) is 16.4. The Bertz CT molecular complexity index is 1030. The number of carbonyl (C=O) groups excluding carboxylic acids is 2. The van der Waals surface area contributed by atoms with Crippen LogP contribution in [0.1, 0.15) is 17.4 Å². The Hall–Kier alpha value is -3.39. The minimum absolute atomic E-state index is 0.174. The summed E-state index contributed by atoms with van der Waals surface area (Å²) in [5.41, 5.74) is 1.62. The van der Waals surface area contributed by atoms with E-state index in [9.17, 15) is 9.59 Å². The topological polar surface area (TPSA) is 86.8 Å². The maximum Gasteiger partial charge on any atom is 0.358 e. The van der Waals surface area contributed by atoms with Crippen LogP contribution in [0.2, 0.25) is 0 Å². The van der Waals surface area contributed by atoms with E-state index >= 15 is 0 Å². The molecule has 1 aromatic heterocycles. The van der Waals surface area contributed by atoms with Gasteiger partial charge in [0.1, 0.15) is 18.2 Å². The quantitative estimate of drug-likeness (QED) is 0.645. The second-order valence-corrected chi connectivity index (χ2v) is 7.16. The molecule has 3 aromatic rings. The van der Waals surface area contributed by atoms with Gasteiger partial charge >= 0.3 is 5.97 Å². The van der Waals surface area contributed by atoms with E-state index in [1.165, 1.54) is 18.3 Å². The third-order valence-corrected chi connectivity index (χ3v) is 5.09. The molecule has 8 heteroatoms. The van der Waals surface area contributed by atoms with Crippen LogP contribution in [0, 0.1) is 0 Å². The van der Waals surface area contributed by atoms with E-state index in [0.29, 0.717) is 35.4 Å². The lowest BCUT2D eigenvalue weighted by molar-refractivity contribution is -0.123. The van der Waals surface area contributed by atoms with Gasteiger partial charge in [-0.05, 0) is 19.1 Å². The van der Waals surface area contributed by atoms with Gasteiger partial charge in [0.05, 0.1) is 0 Å². The molecule has 1 aliphatic rings. The Kier molecular flexibility index (Phi) is 5.44. The molecule has 4 rings (SSSR count). The Morgan fingerprint density at radius 2 is 1.86 bits per heavy atom. The van der Waals surface area contributed by atoms with Crippen LogP contribution >= 0.6 is 11.3 Å². The summed E-state index contributed by atoms with van der Waals surface area (Å²) in [7, 11) is 0. The van der Waals surface area contributed by atoms with Gasteiger partial charge in [-0.3, -0.25) is 4.79 Å². The number of amides is 1. The summed E-state index contributed by atoms with van der Waals surface area (Å²) in [6.07, 6.45) is -0.988. The molecule has 29 heavy (non-hydrogen) atoms. The van der Waals surface area contributed by atoms with Gasteiger partial charge in [-0.1, -0.05) is 30.3 Å². The van der Waals surface area contributed by atoms with Gasteiger partial charge < -0.3 is 19.5 Å². The maximum absolute atomic E-state index is 12.4. The van der Waals surface area contributed by atoms with Crippen molar-refractivity contribution in [2.45, 2.75) is 13.0 Å². The average molecular weight is 410 g/mol. The lowest BCUT2D eigenvalue weighted by Gasteiger charge is -2.19. The molecule has 7 nitrogen and oxygen atoms in total. The second kappa shape index (κ2) is 8.32. The molecule has 2 aromatic carbocycles. The van der Waals surface area contributed by atoms with Crippen molar-refractivity contribution in [2.75, 3.05) is 18.5 Å². The normalized spacial score (nSPS) is 13.4. The van der Waals surface area contributed by atoms with E-state index in [0.717, 1.165) is 5.56 Å². The summed E-state index contributed by atoms with van der Waals surface area (Å²) in [6.45, 7) is 2.46. The van der Waals surface area contributed by atoms with Gasteiger partial charge in [-0.15, -0.1) is 11.3 Å². The number of hydrogen-bond donors (Lipinski definition) is 1. The van der Waals surface area contributed by atoms with Crippen molar-refractivity contribution in [1.82, 2.24) is 4.98 Å². The lowest BCUT2D eigenvalue weighted by atomic mass is 10.2. The number of benzene rings is 2. The number of esters is 1. The molecule has 0 radical (unpaired) electrons. The average Bonchev–Trinajstić information content (AvgIpc) is 3.25. The fourth-order valence-electron chi connectivity index (χ4n) is 2.72. The summed E-state index contributed by atoms with van der Waals surface area (Å²) in [4.78, 5) is 29.1. The highest BCUT2D eigenvalue weighted by Crippen LogP contribution is 2.32. The number of ether oxygens (including phenoxy) is 3. The van der Waals surface area contributed by atoms with E-state index in [1.807, 2.05) is 30.3 Å². The number of hydrogen-bond acceptors (Lipinski definition) is 7. The zero-order valence-electron chi connectivity index (χ0n) is 15.6. The number of anilines is 1. The van der Waals surface area contributed by atoms with Crippen molar-refractivity contribution >= 4 is 28.9 Å². The van der Waals surface area contributed by atoms with Crippen LogP contribution in [-0.4, -0.2) is 36.2 Å². The third kappa shape index (κ3) is 4.38. The second-order valence-electron chi connectivity index (χ2n) is 6.30. The number of aromatic nitrogens is 1. The molecule has 1 aliphatic heterocycles. The van der Waals surface area contributed by atoms with Crippen LogP contribution in [0.15, 0.2) is 53.9 Å². The predicted molar refractivity (Wildman–Crippen MR) is 108 cm³/mol. The summed E-state index contributed by atoms with van der Waals surface area (Å²) < 4.78 is 16.2. The Morgan fingerprint density at radius 3 is 2.66 bits per heavy atom. The molecule has 148 valence electrons. The zero-order chi connectivity index (χ0) is 20.2. The molecular formula is C21H18N2O5S. The molecule has 2 heterocycles. The SMILES string of the molecule is C[C@@H](OC(=O)c1csc(-c2ccccc2)n1)C(=O)Nc1ccc2c(c1)OCCO2. The highest BCUT2D eigenvalue weighted by Gasteiger charge is 2.22. The predicted octanol–water partition coefficient (Wildman–Crippen LogP) is 3.77. The fraction of sp³-hybridized carbons (Fsp3) is 0.190. The standard InChI is InChI=1S/C21H18N2O5S/c1-13(19(24)22-15-7-8-17-18(11-15)27-10-9-26-17)28-21(25)16-12-29-20(23-16)14-5-3-2-4-6-14/h2-8,11-13H,9-10H2,1H3,(H,22,24)/t13-/m1/s1. The molecule has 0 saturated carbocycles. The molecule has 0 aliphatic carbocycles. The van der Waals surface area contributed by atoms with Crippen molar-refractivity contribution in [2.24, 2.45) is 0 Å². The van der Waals surface area contributed by atoms with Crippen LogP contribution in [0.25, 0.3) is 10.6 Å². The molecule has 0 saturated heterocycles. The smallest absolute Gasteiger partial charge is 0.358 e. The van der Waals surface area contributed by atoms with Crippen LogP contribution in [-0.2, 0) is 9.53 Å². The molecule has 0 bridgehead atoms. The summed E-state index contributed by atoms with van der Waals surface area (Å²) in [5, 5.41) is 5.05. The van der Waals surface area contributed by atoms with Crippen molar-refractivity contribution in [3.05, 3.63) is 59.6 Å².